The molecular formula is C21H19N3O4. The smallest absolute Gasteiger partial charge is 0.411 e. The van der Waals surface area contributed by atoms with Crippen molar-refractivity contribution in [1.82, 2.24) is 4.98 Å². The fraction of sp³-hybridized carbons (Fsp3) is 0.0952. The fourth-order valence-electron chi connectivity index (χ4n) is 2.32. The van der Waals surface area contributed by atoms with Crippen LogP contribution in [0.4, 0.5) is 16.2 Å². The molecule has 7 heteroatoms. The maximum Gasteiger partial charge on any atom is 0.411 e. The van der Waals surface area contributed by atoms with Crippen molar-refractivity contribution in [3.05, 3.63) is 78.5 Å². The molecule has 0 aliphatic heterocycles. The van der Waals surface area contributed by atoms with Gasteiger partial charge < -0.3 is 14.8 Å². The van der Waals surface area contributed by atoms with Gasteiger partial charge in [-0.15, -0.1) is 0 Å². The van der Waals surface area contributed by atoms with E-state index in [0.29, 0.717) is 28.6 Å². The van der Waals surface area contributed by atoms with Crippen molar-refractivity contribution in [2.24, 2.45) is 0 Å². The molecule has 7 nitrogen and oxygen atoms in total. The molecule has 0 atom stereocenters. The Morgan fingerprint density at radius 2 is 1.61 bits per heavy atom. The van der Waals surface area contributed by atoms with Crippen LogP contribution >= 0.6 is 0 Å². The first-order valence-electron chi connectivity index (χ1n) is 8.68. The first kappa shape index (κ1) is 18.9. The summed E-state index contributed by atoms with van der Waals surface area (Å²) < 4.78 is 10.4. The van der Waals surface area contributed by atoms with E-state index in [4.69, 9.17) is 9.47 Å². The number of rotatable bonds is 6. The van der Waals surface area contributed by atoms with E-state index in [-0.39, 0.29) is 12.5 Å². The number of benzene rings is 2. The predicted molar refractivity (Wildman–Crippen MR) is 106 cm³/mol. The lowest BCUT2D eigenvalue weighted by Gasteiger charge is -2.08. The van der Waals surface area contributed by atoms with Gasteiger partial charge in [0.05, 0.1) is 18.5 Å². The highest BCUT2D eigenvalue weighted by atomic mass is 16.5. The molecule has 142 valence electrons. The zero-order chi connectivity index (χ0) is 19.8. The Kier molecular flexibility index (Phi) is 6.20. The quantitative estimate of drug-likeness (QED) is 0.650. The first-order valence-corrected chi connectivity index (χ1v) is 8.68. The lowest BCUT2D eigenvalue weighted by Crippen LogP contribution is -2.14. The molecule has 0 fully saturated rings. The molecule has 1 aromatic heterocycles. The van der Waals surface area contributed by atoms with E-state index >= 15 is 0 Å². The van der Waals surface area contributed by atoms with Gasteiger partial charge in [-0.25, -0.2) is 9.78 Å². The molecule has 3 aromatic rings. The number of ether oxygens (including phenoxy) is 2. The molecule has 0 aliphatic carbocycles. The minimum Gasteiger partial charge on any atom is -0.450 e. The van der Waals surface area contributed by atoms with E-state index in [2.05, 4.69) is 15.6 Å². The molecule has 2 amide bonds. The van der Waals surface area contributed by atoms with E-state index in [1.165, 1.54) is 6.20 Å². The third-order valence-corrected chi connectivity index (χ3v) is 3.63. The Bertz CT molecular complexity index is 926. The van der Waals surface area contributed by atoms with Crippen LogP contribution in [0.2, 0.25) is 0 Å². The van der Waals surface area contributed by atoms with Crippen molar-refractivity contribution >= 4 is 23.4 Å². The van der Waals surface area contributed by atoms with Gasteiger partial charge in [0.1, 0.15) is 5.75 Å². The topological polar surface area (TPSA) is 89.5 Å². The normalized spacial score (nSPS) is 10.0. The highest BCUT2D eigenvalue weighted by molar-refractivity contribution is 6.04. The number of carbonyl (C=O) groups excluding carboxylic acids is 2. The number of para-hydroxylation sites is 1. The molecule has 2 aromatic carbocycles. The molecule has 28 heavy (non-hydrogen) atoms. The van der Waals surface area contributed by atoms with Crippen molar-refractivity contribution < 1.29 is 19.1 Å². The SMILES string of the molecule is CCOC(=O)Nc1ccc(C(=O)Nc2ccc(Oc3ccccc3)nc2)cc1. The second kappa shape index (κ2) is 9.18. The van der Waals surface area contributed by atoms with Gasteiger partial charge in [0.25, 0.3) is 5.91 Å². The number of nitrogens with one attached hydrogen (secondary N) is 2. The van der Waals surface area contributed by atoms with Crippen LogP contribution < -0.4 is 15.4 Å². The van der Waals surface area contributed by atoms with Crippen molar-refractivity contribution in [3.8, 4) is 11.6 Å². The van der Waals surface area contributed by atoms with Gasteiger partial charge in [-0.05, 0) is 49.4 Å². The molecule has 1 heterocycles. The van der Waals surface area contributed by atoms with Gasteiger partial charge >= 0.3 is 6.09 Å². The predicted octanol–water partition coefficient (Wildman–Crippen LogP) is 4.69. The summed E-state index contributed by atoms with van der Waals surface area (Å²) >= 11 is 0. The fourth-order valence-corrected chi connectivity index (χ4v) is 2.32. The number of nitrogens with zero attached hydrogens (tertiary/aromatic N) is 1. The number of hydrogen-bond acceptors (Lipinski definition) is 5. The molecule has 2 N–H and O–H groups in total. The molecule has 0 unspecified atom stereocenters. The summed E-state index contributed by atoms with van der Waals surface area (Å²) in [5.74, 6) is 0.822. The zero-order valence-corrected chi connectivity index (χ0v) is 15.2. The number of pyridine rings is 1. The largest absolute Gasteiger partial charge is 0.450 e. The van der Waals surface area contributed by atoms with E-state index in [0.717, 1.165) is 0 Å². The van der Waals surface area contributed by atoms with Crippen LogP contribution in [-0.2, 0) is 4.74 Å². The molecule has 3 rings (SSSR count). The van der Waals surface area contributed by atoms with Gasteiger partial charge in [-0.2, -0.15) is 0 Å². The number of amides is 2. The summed E-state index contributed by atoms with van der Waals surface area (Å²) in [6.07, 6.45) is 0.982. The molecule has 0 saturated heterocycles. The van der Waals surface area contributed by atoms with Crippen molar-refractivity contribution in [2.75, 3.05) is 17.2 Å². The van der Waals surface area contributed by atoms with Crippen LogP contribution in [0.15, 0.2) is 72.9 Å². The van der Waals surface area contributed by atoms with Gasteiger partial charge in [0.15, 0.2) is 0 Å². The van der Waals surface area contributed by atoms with Crippen LogP contribution in [0.3, 0.4) is 0 Å². The van der Waals surface area contributed by atoms with Gasteiger partial charge in [-0.3, -0.25) is 10.1 Å². The summed E-state index contributed by atoms with van der Waals surface area (Å²) in [6, 6.07) is 19.2. The Morgan fingerprint density at radius 1 is 0.893 bits per heavy atom. The van der Waals surface area contributed by atoms with Gasteiger partial charge in [0, 0.05) is 17.3 Å². The van der Waals surface area contributed by atoms with E-state index in [9.17, 15) is 9.59 Å². The lowest BCUT2D eigenvalue weighted by molar-refractivity contribution is 0.102. The molecule has 0 bridgehead atoms. The van der Waals surface area contributed by atoms with Crippen LogP contribution in [0.1, 0.15) is 17.3 Å². The van der Waals surface area contributed by atoms with Crippen molar-refractivity contribution in [2.45, 2.75) is 6.92 Å². The maximum atomic E-state index is 12.3. The van der Waals surface area contributed by atoms with E-state index in [1.54, 1.807) is 43.3 Å². The third-order valence-electron chi connectivity index (χ3n) is 3.63. The number of aromatic nitrogens is 1. The van der Waals surface area contributed by atoms with Crippen molar-refractivity contribution in [3.63, 3.8) is 0 Å². The Balaban J connectivity index is 1.57. The van der Waals surface area contributed by atoms with E-state index in [1.807, 2.05) is 30.3 Å². The van der Waals surface area contributed by atoms with E-state index < -0.39 is 6.09 Å². The Morgan fingerprint density at radius 3 is 2.25 bits per heavy atom. The maximum absolute atomic E-state index is 12.3. The monoisotopic (exact) mass is 377 g/mol. The molecule has 0 spiro atoms. The van der Waals surface area contributed by atoms with Crippen LogP contribution in [-0.4, -0.2) is 23.6 Å². The van der Waals surface area contributed by atoms with Crippen LogP contribution in [0.5, 0.6) is 11.6 Å². The second-order valence-electron chi connectivity index (χ2n) is 5.68. The molecular weight excluding hydrogens is 358 g/mol. The minimum atomic E-state index is -0.538. The summed E-state index contributed by atoms with van der Waals surface area (Å²) in [4.78, 5) is 27.9. The third kappa shape index (κ3) is 5.31. The number of anilines is 2. The van der Waals surface area contributed by atoms with Crippen molar-refractivity contribution in [1.29, 1.82) is 0 Å². The number of carbonyl (C=O) groups is 2. The van der Waals surface area contributed by atoms with Gasteiger partial charge in [-0.1, -0.05) is 18.2 Å². The molecule has 0 aliphatic rings. The lowest BCUT2D eigenvalue weighted by atomic mass is 10.2. The summed E-state index contributed by atoms with van der Waals surface area (Å²) in [7, 11) is 0. The highest BCUT2D eigenvalue weighted by Crippen LogP contribution is 2.20. The first-order chi connectivity index (χ1) is 13.6. The Labute approximate surface area is 162 Å². The van der Waals surface area contributed by atoms with Gasteiger partial charge in [0.2, 0.25) is 5.88 Å². The zero-order valence-electron chi connectivity index (χ0n) is 15.2. The average molecular weight is 377 g/mol. The summed E-state index contributed by atoms with van der Waals surface area (Å²) in [5.41, 5.74) is 1.53. The molecule has 0 saturated carbocycles. The minimum absolute atomic E-state index is 0.287. The second-order valence-corrected chi connectivity index (χ2v) is 5.68. The summed E-state index contributed by atoms with van der Waals surface area (Å²) in [5, 5.41) is 5.33. The van der Waals surface area contributed by atoms with Crippen LogP contribution in [0.25, 0.3) is 0 Å². The summed E-state index contributed by atoms with van der Waals surface area (Å²) in [6.45, 7) is 2.01. The standard InChI is InChI=1S/C21H19N3O4/c1-2-27-21(26)24-16-10-8-15(9-11-16)20(25)23-17-12-13-19(22-14-17)28-18-6-4-3-5-7-18/h3-14H,2H2,1H3,(H,23,25)(H,24,26). The Hall–Kier alpha value is -3.87. The molecule has 0 radical (unpaired) electrons. The average Bonchev–Trinajstić information content (AvgIpc) is 2.71. The highest BCUT2D eigenvalue weighted by Gasteiger charge is 2.08. The van der Waals surface area contributed by atoms with Crippen LogP contribution in [0, 0.1) is 0 Å². The number of hydrogen-bond donors (Lipinski definition) is 2.